The van der Waals surface area contributed by atoms with Gasteiger partial charge in [0.05, 0.1) is 0 Å². The zero-order valence-corrected chi connectivity index (χ0v) is 12.6. The maximum atomic E-state index is 12.0. The zero-order valence-electron chi connectivity index (χ0n) is 12.6. The van der Waals surface area contributed by atoms with Crippen LogP contribution in [0.2, 0.25) is 0 Å². The van der Waals surface area contributed by atoms with E-state index in [1.807, 2.05) is 0 Å². The molecule has 3 amide bonds. The summed E-state index contributed by atoms with van der Waals surface area (Å²) in [5, 5.41) is 2.64. The van der Waals surface area contributed by atoms with E-state index >= 15 is 0 Å². The standard InChI is InChI=1S/C14H25N3O3/c1-14(2,3)20-13(19)17(9-8-15)12(18)16-10-11-6-4-5-7-11/h10H,4-9,15H2,1-3H3,(H,16,18). The Morgan fingerprint density at radius 1 is 1.35 bits per heavy atom. The van der Waals surface area contributed by atoms with E-state index in [9.17, 15) is 9.59 Å². The number of hydrogen-bond acceptors (Lipinski definition) is 4. The number of carbonyl (C=O) groups excluding carboxylic acids is 2. The van der Waals surface area contributed by atoms with Crippen LogP contribution in [-0.2, 0) is 4.74 Å². The van der Waals surface area contributed by atoms with Gasteiger partial charge in [-0.15, -0.1) is 0 Å². The Hall–Kier alpha value is -1.56. The fourth-order valence-corrected chi connectivity index (χ4v) is 1.94. The third-order valence-corrected chi connectivity index (χ3v) is 2.86. The molecule has 1 fully saturated rings. The minimum absolute atomic E-state index is 0.129. The summed E-state index contributed by atoms with van der Waals surface area (Å²) in [6.45, 7) is 5.59. The highest BCUT2D eigenvalue weighted by molar-refractivity contribution is 5.91. The molecule has 0 heterocycles. The third kappa shape index (κ3) is 5.61. The average molecular weight is 283 g/mol. The predicted octanol–water partition coefficient (Wildman–Crippen LogP) is 2.35. The van der Waals surface area contributed by atoms with Gasteiger partial charge in [0.15, 0.2) is 0 Å². The first-order valence-corrected chi connectivity index (χ1v) is 7.02. The zero-order chi connectivity index (χ0) is 15.2. The molecule has 20 heavy (non-hydrogen) atoms. The highest BCUT2D eigenvalue weighted by Crippen LogP contribution is 2.22. The molecule has 0 aromatic rings. The predicted molar refractivity (Wildman–Crippen MR) is 77.1 cm³/mol. The van der Waals surface area contributed by atoms with Crippen LogP contribution in [0.1, 0.15) is 46.5 Å². The van der Waals surface area contributed by atoms with Crippen LogP contribution in [-0.4, -0.2) is 35.7 Å². The van der Waals surface area contributed by atoms with Crippen molar-refractivity contribution in [1.29, 1.82) is 0 Å². The van der Waals surface area contributed by atoms with Gasteiger partial charge in [-0.3, -0.25) is 0 Å². The Labute approximate surface area is 120 Å². The summed E-state index contributed by atoms with van der Waals surface area (Å²) in [5.41, 5.74) is 6.00. The number of nitrogens with two attached hydrogens (primary N) is 1. The highest BCUT2D eigenvalue weighted by Gasteiger charge is 2.26. The Bertz CT molecular complexity index is 378. The minimum Gasteiger partial charge on any atom is -0.443 e. The number of nitrogens with one attached hydrogen (secondary N) is 1. The first kappa shape index (κ1) is 16.5. The van der Waals surface area contributed by atoms with Crippen LogP contribution in [0.4, 0.5) is 9.59 Å². The van der Waals surface area contributed by atoms with Gasteiger partial charge in [0.2, 0.25) is 0 Å². The van der Waals surface area contributed by atoms with Gasteiger partial charge < -0.3 is 15.8 Å². The number of hydrogen-bond donors (Lipinski definition) is 2. The molecule has 0 aromatic carbocycles. The summed E-state index contributed by atoms with van der Waals surface area (Å²) in [5.74, 6) is 0. The number of nitrogens with zero attached hydrogens (tertiary/aromatic N) is 1. The van der Waals surface area contributed by atoms with Crippen LogP contribution in [0.25, 0.3) is 0 Å². The second-order valence-corrected chi connectivity index (χ2v) is 5.88. The van der Waals surface area contributed by atoms with Gasteiger partial charge in [-0.2, -0.15) is 0 Å². The molecule has 114 valence electrons. The maximum Gasteiger partial charge on any atom is 0.418 e. The van der Waals surface area contributed by atoms with E-state index in [0.717, 1.165) is 30.6 Å². The number of ether oxygens (including phenoxy) is 1. The highest BCUT2D eigenvalue weighted by atomic mass is 16.6. The summed E-state index contributed by atoms with van der Waals surface area (Å²) in [6.07, 6.45) is 5.34. The van der Waals surface area contributed by atoms with Gasteiger partial charge in [0.1, 0.15) is 5.60 Å². The van der Waals surface area contributed by atoms with Gasteiger partial charge in [0.25, 0.3) is 0 Å². The van der Waals surface area contributed by atoms with Crippen molar-refractivity contribution in [3.05, 3.63) is 11.8 Å². The molecule has 0 saturated heterocycles. The van der Waals surface area contributed by atoms with Crippen molar-refractivity contribution in [2.24, 2.45) is 5.73 Å². The van der Waals surface area contributed by atoms with E-state index in [-0.39, 0.29) is 13.1 Å². The molecular formula is C14H25N3O3. The van der Waals surface area contributed by atoms with Crippen molar-refractivity contribution < 1.29 is 14.3 Å². The molecule has 6 nitrogen and oxygen atoms in total. The molecule has 3 N–H and O–H groups in total. The topological polar surface area (TPSA) is 84.7 Å². The van der Waals surface area contributed by atoms with Crippen molar-refractivity contribution in [3.63, 3.8) is 0 Å². The van der Waals surface area contributed by atoms with Crippen molar-refractivity contribution in [2.75, 3.05) is 13.1 Å². The number of rotatable bonds is 3. The molecular weight excluding hydrogens is 258 g/mol. The average Bonchev–Trinajstić information content (AvgIpc) is 2.83. The second kappa shape index (κ2) is 7.28. The van der Waals surface area contributed by atoms with Gasteiger partial charge >= 0.3 is 12.1 Å². The van der Waals surface area contributed by atoms with Crippen molar-refractivity contribution in [1.82, 2.24) is 10.2 Å². The summed E-state index contributed by atoms with van der Waals surface area (Å²) < 4.78 is 5.20. The van der Waals surface area contributed by atoms with E-state index in [1.54, 1.807) is 27.0 Å². The summed E-state index contributed by atoms with van der Waals surface area (Å²) in [4.78, 5) is 25.0. The molecule has 0 aromatic heterocycles. The number of allylic oxidation sites excluding steroid dienone is 1. The third-order valence-electron chi connectivity index (χ3n) is 2.86. The number of imide groups is 1. The van der Waals surface area contributed by atoms with Crippen LogP contribution in [0.3, 0.4) is 0 Å². The number of urea groups is 1. The smallest absolute Gasteiger partial charge is 0.418 e. The molecule has 1 saturated carbocycles. The first-order valence-electron chi connectivity index (χ1n) is 7.02. The number of carbonyl (C=O) groups is 2. The summed E-state index contributed by atoms with van der Waals surface area (Å²) in [6, 6.07) is -0.496. The van der Waals surface area contributed by atoms with E-state index in [1.165, 1.54) is 5.57 Å². The summed E-state index contributed by atoms with van der Waals surface area (Å²) in [7, 11) is 0. The number of amides is 3. The Morgan fingerprint density at radius 2 is 1.95 bits per heavy atom. The fourth-order valence-electron chi connectivity index (χ4n) is 1.94. The van der Waals surface area contributed by atoms with E-state index in [2.05, 4.69) is 5.32 Å². The van der Waals surface area contributed by atoms with Gasteiger partial charge in [-0.25, -0.2) is 14.5 Å². The monoisotopic (exact) mass is 283 g/mol. The van der Waals surface area contributed by atoms with Gasteiger partial charge in [-0.1, -0.05) is 5.57 Å². The first-order chi connectivity index (χ1) is 9.33. The molecule has 1 rings (SSSR count). The van der Waals surface area contributed by atoms with Gasteiger partial charge in [-0.05, 0) is 46.5 Å². The fraction of sp³-hybridized carbons (Fsp3) is 0.714. The van der Waals surface area contributed by atoms with Crippen molar-refractivity contribution >= 4 is 12.1 Å². The molecule has 0 spiro atoms. The maximum absolute atomic E-state index is 12.0. The van der Waals surface area contributed by atoms with Crippen LogP contribution in [0.5, 0.6) is 0 Å². The minimum atomic E-state index is -0.676. The van der Waals surface area contributed by atoms with E-state index in [4.69, 9.17) is 10.5 Å². The second-order valence-electron chi connectivity index (χ2n) is 5.88. The van der Waals surface area contributed by atoms with Crippen LogP contribution in [0.15, 0.2) is 11.8 Å². The molecule has 1 aliphatic carbocycles. The molecule has 0 atom stereocenters. The van der Waals surface area contributed by atoms with E-state index < -0.39 is 17.7 Å². The van der Waals surface area contributed by atoms with Crippen LogP contribution in [0, 0.1) is 0 Å². The van der Waals surface area contributed by atoms with Crippen LogP contribution >= 0.6 is 0 Å². The lowest BCUT2D eigenvalue weighted by molar-refractivity contribution is 0.0328. The van der Waals surface area contributed by atoms with E-state index in [0.29, 0.717) is 0 Å². The SMILES string of the molecule is CC(C)(C)OC(=O)N(CCN)C(=O)NC=C1CCCC1. The molecule has 6 heteroatoms. The quantitative estimate of drug-likeness (QED) is 0.832. The van der Waals surface area contributed by atoms with Crippen molar-refractivity contribution in [3.8, 4) is 0 Å². The Balaban J connectivity index is 2.61. The molecule has 0 bridgehead atoms. The lowest BCUT2D eigenvalue weighted by Gasteiger charge is -2.25. The lowest BCUT2D eigenvalue weighted by Crippen LogP contribution is -2.46. The van der Waals surface area contributed by atoms with Gasteiger partial charge in [0, 0.05) is 19.3 Å². The molecule has 1 aliphatic rings. The Kier molecular flexibility index (Phi) is 6.01. The lowest BCUT2D eigenvalue weighted by atomic mass is 10.2. The molecule has 0 aliphatic heterocycles. The largest absolute Gasteiger partial charge is 0.443 e. The Morgan fingerprint density at radius 3 is 2.45 bits per heavy atom. The normalized spacial score (nSPS) is 14.9. The molecule has 0 radical (unpaired) electrons. The summed E-state index contributed by atoms with van der Waals surface area (Å²) >= 11 is 0. The molecule has 0 unspecified atom stereocenters. The van der Waals surface area contributed by atoms with Crippen molar-refractivity contribution in [2.45, 2.75) is 52.1 Å². The van der Waals surface area contributed by atoms with Crippen LogP contribution < -0.4 is 11.1 Å².